The monoisotopic (exact) mass is 393 g/mol. The number of nitrogens with zero attached hydrogens (tertiary/aromatic N) is 2. The number of carbonyl (C=O) groups excluding carboxylic acids is 1. The standard InChI is InChI=1S/C25H35N3O/c1-25(2,3)24(29)27-23(22-14-7-9-16-26-22)19-21-13-8-10-17-28(21)18-15-20-11-5-4-6-12-20/h4-7,9,11-12,14,16,21,23H,8,10,13,15,17-19H2,1-3H3,(H,27,29)/t21-,23+/m1/s1. The molecule has 1 fully saturated rings. The number of hydrogen-bond acceptors (Lipinski definition) is 3. The van der Waals surface area contributed by atoms with E-state index < -0.39 is 5.41 Å². The molecule has 1 N–H and O–H groups in total. The largest absolute Gasteiger partial charge is 0.347 e. The summed E-state index contributed by atoms with van der Waals surface area (Å²) in [5.41, 5.74) is 1.94. The van der Waals surface area contributed by atoms with Gasteiger partial charge in [0.1, 0.15) is 0 Å². The van der Waals surface area contributed by atoms with Gasteiger partial charge in [0.25, 0.3) is 0 Å². The molecule has 2 heterocycles. The molecule has 4 nitrogen and oxygen atoms in total. The molecule has 0 radical (unpaired) electrons. The summed E-state index contributed by atoms with van der Waals surface area (Å²) in [7, 11) is 0. The van der Waals surface area contributed by atoms with Crippen LogP contribution >= 0.6 is 0 Å². The van der Waals surface area contributed by atoms with E-state index in [1.165, 1.54) is 24.8 Å². The highest BCUT2D eigenvalue weighted by molar-refractivity contribution is 5.81. The summed E-state index contributed by atoms with van der Waals surface area (Å²) in [4.78, 5) is 19.9. The summed E-state index contributed by atoms with van der Waals surface area (Å²) in [6.45, 7) is 8.09. The number of nitrogens with one attached hydrogen (secondary N) is 1. The average molecular weight is 394 g/mol. The fourth-order valence-electron chi connectivity index (χ4n) is 4.02. The highest BCUT2D eigenvalue weighted by atomic mass is 16.2. The number of benzene rings is 1. The number of likely N-dealkylation sites (tertiary alicyclic amines) is 1. The molecule has 1 aliphatic rings. The van der Waals surface area contributed by atoms with Crippen molar-refractivity contribution in [3.05, 3.63) is 66.0 Å². The van der Waals surface area contributed by atoms with Crippen molar-refractivity contribution in [1.82, 2.24) is 15.2 Å². The van der Waals surface area contributed by atoms with Gasteiger partial charge in [0.05, 0.1) is 11.7 Å². The summed E-state index contributed by atoms with van der Waals surface area (Å²) in [5, 5.41) is 3.29. The minimum Gasteiger partial charge on any atom is -0.347 e. The van der Waals surface area contributed by atoms with Gasteiger partial charge >= 0.3 is 0 Å². The fraction of sp³-hybridized carbons (Fsp3) is 0.520. The third-order valence-electron chi connectivity index (χ3n) is 5.82. The lowest BCUT2D eigenvalue weighted by Crippen LogP contribution is -2.45. The van der Waals surface area contributed by atoms with E-state index in [1.807, 2.05) is 45.2 Å². The maximum Gasteiger partial charge on any atom is 0.225 e. The second kappa shape index (κ2) is 10.0. The summed E-state index contributed by atoms with van der Waals surface area (Å²) in [6, 6.07) is 17.1. The minimum atomic E-state index is -0.410. The van der Waals surface area contributed by atoms with E-state index >= 15 is 0 Å². The molecule has 0 bridgehead atoms. The predicted molar refractivity (Wildman–Crippen MR) is 119 cm³/mol. The number of hydrogen-bond donors (Lipinski definition) is 1. The first kappa shape index (κ1) is 21.5. The average Bonchev–Trinajstić information content (AvgIpc) is 2.73. The van der Waals surface area contributed by atoms with Crippen LogP contribution in [0.1, 0.15) is 63.8 Å². The Balaban J connectivity index is 1.70. The van der Waals surface area contributed by atoms with E-state index in [4.69, 9.17) is 0 Å². The number of aromatic nitrogens is 1. The maximum absolute atomic E-state index is 12.7. The molecule has 4 heteroatoms. The van der Waals surface area contributed by atoms with Crippen LogP contribution < -0.4 is 5.32 Å². The van der Waals surface area contributed by atoms with E-state index in [2.05, 4.69) is 45.5 Å². The predicted octanol–water partition coefficient (Wildman–Crippen LogP) is 4.77. The van der Waals surface area contributed by atoms with Crippen LogP contribution in [-0.4, -0.2) is 34.9 Å². The summed E-state index contributed by atoms with van der Waals surface area (Å²) < 4.78 is 0. The molecule has 0 spiro atoms. The summed E-state index contributed by atoms with van der Waals surface area (Å²) in [6.07, 6.45) is 7.50. The second-order valence-corrected chi connectivity index (χ2v) is 9.19. The van der Waals surface area contributed by atoms with Crippen LogP contribution in [-0.2, 0) is 11.2 Å². The number of amides is 1. The smallest absolute Gasteiger partial charge is 0.225 e. The highest BCUT2D eigenvalue weighted by Crippen LogP contribution is 2.27. The van der Waals surface area contributed by atoms with E-state index in [0.717, 1.165) is 31.6 Å². The number of pyridine rings is 1. The van der Waals surface area contributed by atoms with E-state index in [0.29, 0.717) is 6.04 Å². The van der Waals surface area contributed by atoms with Crippen molar-refractivity contribution >= 4 is 5.91 Å². The van der Waals surface area contributed by atoms with Crippen molar-refractivity contribution < 1.29 is 4.79 Å². The third-order valence-corrected chi connectivity index (χ3v) is 5.82. The van der Waals surface area contributed by atoms with E-state index in [-0.39, 0.29) is 11.9 Å². The van der Waals surface area contributed by atoms with Crippen molar-refractivity contribution in [3.63, 3.8) is 0 Å². The zero-order valence-electron chi connectivity index (χ0n) is 18.1. The van der Waals surface area contributed by atoms with Crippen LogP contribution in [0.2, 0.25) is 0 Å². The Hall–Kier alpha value is -2.20. The lowest BCUT2D eigenvalue weighted by molar-refractivity contribution is -0.129. The molecule has 2 aromatic rings. The van der Waals surface area contributed by atoms with E-state index in [1.54, 1.807) is 0 Å². The molecule has 3 rings (SSSR count). The molecule has 156 valence electrons. The summed E-state index contributed by atoms with van der Waals surface area (Å²) >= 11 is 0. The first-order valence-corrected chi connectivity index (χ1v) is 10.9. The van der Waals surface area contributed by atoms with E-state index in [9.17, 15) is 4.79 Å². The number of piperidine rings is 1. The molecule has 0 saturated carbocycles. The van der Waals surface area contributed by atoms with Gasteiger partial charge in [-0.2, -0.15) is 0 Å². The van der Waals surface area contributed by atoms with Crippen molar-refractivity contribution in [2.45, 2.75) is 65.0 Å². The van der Waals surface area contributed by atoms with Gasteiger partial charge in [-0.1, -0.05) is 63.6 Å². The SMILES string of the molecule is CC(C)(C)C(=O)N[C@@H](C[C@H]1CCCCN1CCc1ccccc1)c1ccccn1. The Kier molecular flexibility index (Phi) is 7.43. The van der Waals surface area contributed by atoms with Gasteiger partial charge in [-0.05, 0) is 49.9 Å². The van der Waals surface area contributed by atoms with Gasteiger partial charge in [-0.15, -0.1) is 0 Å². The van der Waals surface area contributed by atoms with Gasteiger partial charge in [0, 0.05) is 24.2 Å². The molecule has 1 saturated heterocycles. The minimum absolute atomic E-state index is 0.0507. The van der Waals surface area contributed by atoms with Crippen molar-refractivity contribution in [2.75, 3.05) is 13.1 Å². The number of rotatable bonds is 7. The Bertz CT molecular complexity index is 755. The molecular formula is C25H35N3O. The third kappa shape index (κ3) is 6.40. The zero-order chi connectivity index (χ0) is 20.7. The maximum atomic E-state index is 12.7. The highest BCUT2D eigenvalue weighted by Gasteiger charge is 2.30. The van der Waals surface area contributed by atoms with Crippen molar-refractivity contribution in [3.8, 4) is 0 Å². The first-order valence-electron chi connectivity index (χ1n) is 10.9. The number of carbonyl (C=O) groups is 1. The topological polar surface area (TPSA) is 45.2 Å². The molecule has 1 amide bonds. The first-order chi connectivity index (χ1) is 13.9. The molecule has 1 aromatic heterocycles. The van der Waals surface area contributed by atoms with Gasteiger partial charge in [0.15, 0.2) is 0 Å². The Labute approximate surface area is 175 Å². The van der Waals surface area contributed by atoms with Crippen LogP contribution in [0, 0.1) is 5.41 Å². The quantitative estimate of drug-likeness (QED) is 0.737. The lowest BCUT2D eigenvalue weighted by atomic mass is 9.91. The second-order valence-electron chi connectivity index (χ2n) is 9.19. The van der Waals surface area contributed by atoms with Crippen molar-refractivity contribution in [1.29, 1.82) is 0 Å². The fourth-order valence-corrected chi connectivity index (χ4v) is 4.02. The van der Waals surface area contributed by atoms with Gasteiger partial charge in [-0.3, -0.25) is 14.7 Å². The normalized spacial score (nSPS) is 18.9. The molecule has 0 unspecified atom stereocenters. The Morgan fingerprint density at radius 1 is 1.14 bits per heavy atom. The Morgan fingerprint density at radius 2 is 1.90 bits per heavy atom. The molecule has 0 aliphatic carbocycles. The molecule has 1 aliphatic heterocycles. The molecule has 1 aromatic carbocycles. The van der Waals surface area contributed by atoms with Crippen LogP contribution in [0.3, 0.4) is 0 Å². The van der Waals surface area contributed by atoms with Gasteiger partial charge < -0.3 is 5.32 Å². The van der Waals surface area contributed by atoms with Crippen molar-refractivity contribution in [2.24, 2.45) is 5.41 Å². The van der Waals surface area contributed by atoms with Crippen LogP contribution in [0.15, 0.2) is 54.7 Å². The van der Waals surface area contributed by atoms with Gasteiger partial charge in [0.2, 0.25) is 5.91 Å². The Morgan fingerprint density at radius 3 is 2.59 bits per heavy atom. The zero-order valence-corrected chi connectivity index (χ0v) is 18.1. The van der Waals surface area contributed by atoms with Crippen LogP contribution in [0.25, 0.3) is 0 Å². The van der Waals surface area contributed by atoms with Crippen LogP contribution in [0.5, 0.6) is 0 Å². The van der Waals surface area contributed by atoms with Crippen LogP contribution in [0.4, 0.5) is 0 Å². The lowest BCUT2D eigenvalue weighted by Gasteiger charge is -2.38. The molecular weight excluding hydrogens is 358 g/mol. The molecule has 29 heavy (non-hydrogen) atoms. The summed E-state index contributed by atoms with van der Waals surface area (Å²) in [5.74, 6) is 0.0831. The molecule has 2 atom stereocenters. The van der Waals surface area contributed by atoms with Gasteiger partial charge in [-0.25, -0.2) is 0 Å².